The number of hydrogen-bond acceptors (Lipinski definition) is 4. The van der Waals surface area contributed by atoms with Gasteiger partial charge in [-0.2, -0.15) is 0 Å². The minimum Gasteiger partial charge on any atom is -0.465 e. The lowest BCUT2D eigenvalue weighted by Gasteiger charge is -2.29. The maximum Gasteiger partial charge on any atom is 0.340 e. The number of aryl methyl sites for hydroxylation is 1. The first-order chi connectivity index (χ1) is 10.8. The molecule has 130 valence electrons. The third-order valence-corrected chi connectivity index (χ3v) is 4.77. The Morgan fingerprint density at radius 2 is 1.87 bits per heavy atom. The summed E-state index contributed by atoms with van der Waals surface area (Å²) in [5.74, 6) is 0.705. The SMILES string of the molecule is CCc1cc(C(=O)OC)c(NC(=S)N(CC(C)C)CC(C)C)s1. The molecule has 0 aromatic carbocycles. The standard InChI is InChI=1S/C17H28N2O2S2/c1-7-13-8-14(16(20)21-6)15(23-13)18-17(22)19(9-11(2)3)10-12(4)5/h8,11-12H,7,9-10H2,1-6H3,(H,18,22). The average molecular weight is 357 g/mol. The summed E-state index contributed by atoms with van der Waals surface area (Å²) in [6.45, 7) is 12.6. The molecule has 0 radical (unpaired) electrons. The van der Waals surface area contributed by atoms with Crippen LogP contribution in [0.2, 0.25) is 0 Å². The fourth-order valence-corrected chi connectivity index (χ4v) is 3.57. The predicted molar refractivity (Wildman–Crippen MR) is 103 cm³/mol. The fourth-order valence-electron chi connectivity index (χ4n) is 2.27. The molecule has 0 aliphatic carbocycles. The zero-order chi connectivity index (χ0) is 17.6. The second-order valence-electron chi connectivity index (χ2n) is 6.42. The van der Waals surface area contributed by atoms with Crippen molar-refractivity contribution in [1.82, 2.24) is 4.90 Å². The second kappa shape index (κ2) is 9.23. The summed E-state index contributed by atoms with van der Waals surface area (Å²) in [5, 5.41) is 4.71. The van der Waals surface area contributed by atoms with Crippen LogP contribution >= 0.6 is 23.6 Å². The molecule has 0 aliphatic rings. The van der Waals surface area contributed by atoms with Crippen molar-refractivity contribution < 1.29 is 9.53 Å². The summed E-state index contributed by atoms with van der Waals surface area (Å²) < 4.78 is 4.88. The Morgan fingerprint density at radius 1 is 1.30 bits per heavy atom. The van der Waals surface area contributed by atoms with Crippen molar-refractivity contribution in [3.05, 3.63) is 16.5 Å². The minimum atomic E-state index is -0.328. The summed E-state index contributed by atoms with van der Waals surface area (Å²) in [5.41, 5.74) is 0.561. The highest BCUT2D eigenvalue weighted by molar-refractivity contribution is 7.80. The Kier molecular flexibility index (Phi) is 7.99. The highest BCUT2D eigenvalue weighted by atomic mass is 32.1. The molecule has 0 fully saturated rings. The van der Waals surface area contributed by atoms with Gasteiger partial charge in [-0.25, -0.2) is 4.79 Å². The third kappa shape index (κ3) is 6.11. The first-order valence-electron chi connectivity index (χ1n) is 8.05. The van der Waals surface area contributed by atoms with Crippen LogP contribution in [0.25, 0.3) is 0 Å². The van der Waals surface area contributed by atoms with Gasteiger partial charge < -0.3 is 15.0 Å². The summed E-state index contributed by atoms with van der Waals surface area (Å²) in [7, 11) is 1.40. The Bertz CT molecular complexity index is 529. The van der Waals surface area contributed by atoms with E-state index in [0.717, 1.165) is 29.4 Å². The van der Waals surface area contributed by atoms with E-state index in [1.165, 1.54) is 7.11 Å². The molecule has 0 saturated heterocycles. The van der Waals surface area contributed by atoms with Crippen LogP contribution in [-0.4, -0.2) is 36.2 Å². The van der Waals surface area contributed by atoms with Crippen molar-refractivity contribution in [3.63, 3.8) is 0 Å². The topological polar surface area (TPSA) is 41.6 Å². The van der Waals surface area contributed by atoms with Crippen molar-refractivity contribution in [2.45, 2.75) is 41.0 Å². The van der Waals surface area contributed by atoms with Gasteiger partial charge in [0.15, 0.2) is 5.11 Å². The van der Waals surface area contributed by atoms with E-state index in [2.05, 4.69) is 44.8 Å². The molecule has 0 saturated carbocycles. The Morgan fingerprint density at radius 3 is 2.30 bits per heavy atom. The van der Waals surface area contributed by atoms with E-state index in [4.69, 9.17) is 17.0 Å². The van der Waals surface area contributed by atoms with Gasteiger partial charge in [0, 0.05) is 18.0 Å². The van der Waals surface area contributed by atoms with E-state index in [9.17, 15) is 4.79 Å². The number of hydrogen-bond donors (Lipinski definition) is 1. The molecule has 1 heterocycles. The van der Waals surface area contributed by atoms with Gasteiger partial charge in [-0.3, -0.25) is 0 Å². The average Bonchev–Trinajstić information content (AvgIpc) is 2.87. The number of nitrogens with one attached hydrogen (secondary N) is 1. The summed E-state index contributed by atoms with van der Waals surface area (Å²) >= 11 is 7.15. The van der Waals surface area contributed by atoms with Gasteiger partial charge in [0.2, 0.25) is 0 Å². The molecule has 0 unspecified atom stereocenters. The molecule has 0 atom stereocenters. The predicted octanol–water partition coefficient (Wildman–Crippen LogP) is 4.41. The van der Waals surface area contributed by atoms with Crippen LogP contribution in [0.15, 0.2) is 6.07 Å². The maximum absolute atomic E-state index is 12.0. The Balaban J connectivity index is 2.96. The molecule has 1 aromatic heterocycles. The van der Waals surface area contributed by atoms with Gasteiger partial charge in [0.1, 0.15) is 5.00 Å². The Labute approximate surface area is 149 Å². The molecule has 23 heavy (non-hydrogen) atoms. The van der Waals surface area contributed by atoms with E-state index in [0.29, 0.717) is 22.5 Å². The van der Waals surface area contributed by atoms with Crippen LogP contribution in [0.4, 0.5) is 5.00 Å². The van der Waals surface area contributed by atoms with Crippen molar-refractivity contribution in [2.75, 3.05) is 25.5 Å². The van der Waals surface area contributed by atoms with Crippen LogP contribution in [0.3, 0.4) is 0 Å². The lowest BCUT2D eigenvalue weighted by molar-refractivity contribution is 0.0602. The number of esters is 1. The lowest BCUT2D eigenvalue weighted by atomic mass is 10.1. The van der Waals surface area contributed by atoms with Gasteiger partial charge in [-0.1, -0.05) is 34.6 Å². The van der Waals surface area contributed by atoms with Crippen LogP contribution < -0.4 is 5.32 Å². The van der Waals surface area contributed by atoms with Gasteiger partial charge in [0.25, 0.3) is 0 Å². The number of rotatable bonds is 7. The van der Waals surface area contributed by atoms with Crippen molar-refractivity contribution >= 4 is 39.6 Å². The van der Waals surface area contributed by atoms with E-state index in [-0.39, 0.29) is 5.97 Å². The van der Waals surface area contributed by atoms with E-state index >= 15 is 0 Å². The van der Waals surface area contributed by atoms with Gasteiger partial charge in [-0.15, -0.1) is 11.3 Å². The van der Waals surface area contributed by atoms with Gasteiger partial charge in [0.05, 0.1) is 12.7 Å². The van der Waals surface area contributed by atoms with Crippen LogP contribution in [0.1, 0.15) is 49.9 Å². The fraction of sp³-hybridized carbons (Fsp3) is 0.647. The Hall–Kier alpha value is -1.14. The molecule has 1 aromatic rings. The van der Waals surface area contributed by atoms with E-state index in [1.54, 1.807) is 11.3 Å². The largest absolute Gasteiger partial charge is 0.465 e. The quantitative estimate of drug-likeness (QED) is 0.579. The first kappa shape index (κ1) is 19.9. The highest BCUT2D eigenvalue weighted by Crippen LogP contribution is 2.29. The van der Waals surface area contributed by atoms with Crippen molar-refractivity contribution in [2.24, 2.45) is 11.8 Å². The lowest BCUT2D eigenvalue weighted by Crippen LogP contribution is -2.39. The number of thiocarbonyl (C=S) groups is 1. The number of methoxy groups -OCH3 is 1. The summed E-state index contributed by atoms with van der Waals surface area (Å²) in [6.07, 6.45) is 0.880. The number of carbonyl (C=O) groups excluding carboxylic acids is 1. The number of nitrogens with zero attached hydrogens (tertiary/aromatic N) is 1. The first-order valence-corrected chi connectivity index (χ1v) is 9.27. The molecular formula is C17H28N2O2S2. The van der Waals surface area contributed by atoms with Crippen molar-refractivity contribution in [3.8, 4) is 0 Å². The van der Waals surface area contributed by atoms with Crippen LogP contribution in [0, 0.1) is 11.8 Å². The molecule has 1 N–H and O–H groups in total. The molecular weight excluding hydrogens is 328 g/mol. The zero-order valence-corrected chi connectivity index (χ0v) is 16.6. The summed E-state index contributed by atoms with van der Waals surface area (Å²) in [4.78, 5) is 15.3. The van der Waals surface area contributed by atoms with E-state index in [1.807, 2.05) is 6.07 Å². The third-order valence-electron chi connectivity index (χ3n) is 3.22. The molecule has 1 rings (SSSR count). The second-order valence-corrected chi connectivity index (χ2v) is 7.95. The number of carbonyl (C=O) groups is 1. The highest BCUT2D eigenvalue weighted by Gasteiger charge is 2.20. The minimum absolute atomic E-state index is 0.328. The molecule has 4 nitrogen and oxygen atoms in total. The smallest absolute Gasteiger partial charge is 0.340 e. The van der Waals surface area contributed by atoms with Crippen LogP contribution in [-0.2, 0) is 11.2 Å². The normalized spacial score (nSPS) is 11.0. The monoisotopic (exact) mass is 356 g/mol. The van der Waals surface area contributed by atoms with Gasteiger partial charge in [-0.05, 0) is 36.5 Å². The van der Waals surface area contributed by atoms with E-state index < -0.39 is 0 Å². The number of thiophene rings is 1. The zero-order valence-electron chi connectivity index (χ0n) is 14.9. The molecule has 0 bridgehead atoms. The molecule has 0 spiro atoms. The summed E-state index contributed by atoms with van der Waals surface area (Å²) in [6, 6.07) is 1.89. The van der Waals surface area contributed by atoms with Crippen molar-refractivity contribution in [1.29, 1.82) is 0 Å². The number of ether oxygens (including phenoxy) is 1. The molecule has 0 aliphatic heterocycles. The number of anilines is 1. The molecule has 0 amide bonds. The maximum atomic E-state index is 12.0. The van der Waals surface area contributed by atoms with Crippen LogP contribution in [0.5, 0.6) is 0 Å². The van der Waals surface area contributed by atoms with Gasteiger partial charge >= 0.3 is 5.97 Å². The molecule has 6 heteroatoms.